The van der Waals surface area contributed by atoms with Gasteiger partial charge in [0.05, 0.1) is 0 Å². The maximum Gasteiger partial charge on any atom is 0.265 e. The molecule has 0 aliphatic heterocycles. The number of hydrogen-bond donors (Lipinski definition) is 1. The fourth-order valence-corrected chi connectivity index (χ4v) is 1.88. The Morgan fingerprint density at radius 1 is 1.19 bits per heavy atom. The van der Waals surface area contributed by atoms with Crippen molar-refractivity contribution in [3.05, 3.63) is 59.4 Å². The number of halogens is 2. The van der Waals surface area contributed by atoms with Gasteiger partial charge in [-0.15, -0.1) is 0 Å². The third-order valence-corrected chi connectivity index (χ3v) is 3.12. The van der Waals surface area contributed by atoms with Gasteiger partial charge in [0, 0.05) is 10.7 Å². The van der Waals surface area contributed by atoms with Crippen LogP contribution < -0.4 is 10.1 Å². The SMILES string of the molecule is CC[C@H](Oc1ccc(Cl)cc1)C(=O)Nc1ccc(F)cc1. The largest absolute Gasteiger partial charge is 0.481 e. The Hall–Kier alpha value is -2.07. The van der Waals surface area contributed by atoms with Crippen molar-refractivity contribution in [3.63, 3.8) is 0 Å². The second kappa shape index (κ2) is 7.09. The molecule has 5 heteroatoms. The van der Waals surface area contributed by atoms with Crippen LogP contribution in [-0.2, 0) is 4.79 Å². The van der Waals surface area contributed by atoms with Gasteiger partial charge in [0.1, 0.15) is 11.6 Å². The highest BCUT2D eigenvalue weighted by Gasteiger charge is 2.18. The minimum atomic E-state index is -0.628. The maximum absolute atomic E-state index is 12.8. The van der Waals surface area contributed by atoms with E-state index in [9.17, 15) is 9.18 Å². The molecule has 0 spiro atoms. The van der Waals surface area contributed by atoms with E-state index in [1.165, 1.54) is 24.3 Å². The van der Waals surface area contributed by atoms with Crippen molar-refractivity contribution in [2.45, 2.75) is 19.4 Å². The fraction of sp³-hybridized carbons (Fsp3) is 0.188. The first kappa shape index (κ1) is 15.3. The number of carbonyl (C=O) groups excluding carboxylic acids is 1. The van der Waals surface area contributed by atoms with Gasteiger partial charge in [0.15, 0.2) is 6.10 Å². The molecule has 0 bridgehead atoms. The van der Waals surface area contributed by atoms with E-state index >= 15 is 0 Å². The summed E-state index contributed by atoms with van der Waals surface area (Å²) in [6, 6.07) is 12.4. The Balaban J connectivity index is 2.01. The molecule has 0 aromatic heterocycles. The molecule has 3 nitrogen and oxygen atoms in total. The van der Waals surface area contributed by atoms with Gasteiger partial charge in [-0.2, -0.15) is 0 Å². The Morgan fingerprint density at radius 3 is 2.38 bits per heavy atom. The summed E-state index contributed by atoms with van der Waals surface area (Å²) in [5, 5.41) is 3.30. The van der Waals surface area contributed by atoms with Crippen molar-refractivity contribution in [2.75, 3.05) is 5.32 Å². The summed E-state index contributed by atoms with van der Waals surface area (Å²) in [5.74, 6) is -0.0583. The lowest BCUT2D eigenvalue weighted by Crippen LogP contribution is -2.32. The predicted octanol–water partition coefficient (Wildman–Crippen LogP) is 4.28. The molecule has 21 heavy (non-hydrogen) atoms. The van der Waals surface area contributed by atoms with Gasteiger partial charge in [0.2, 0.25) is 0 Å². The first-order chi connectivity index (χ1) is 10.1. The van der Waals surface area contributed by atoms with Crippen molar-refractivity contribution in [1.29, 1.82) is 0 Å². The molecule has 0 fully saturated rings. The minimum Gasteiger partial charge on any atom is -0.481 e. The van der Waals surface area contributed by atoms with Gasteiger partial charge < -0.3 is 10.1 Å². The summed E-state index contributed by atoms with van der Waals surface area (Å²) in [6.07, 6.45) is -0.119. The second-order valence-electron chi connectivity index (χ2n) is 4.46. The molecule has 0 aliphatic rings. The van der Waals surface area contributed by atoms with Gasteiger partial charge in [-0.1, -0.05) is 18.5 Å². The monoisotopic (exact) mass is 307 g/mol. The molecule has 2 rings (SSSR count). The van der Waals surface area contributed by atoms with Crippen molar-refractivity contribution in [3.8, 4) is 5.75 Å². The van der Waals surface area contributed by atoms with E-state index < -0.39 is 6.10 Å². The predicted molar refractivity (Wildman–Crippen MR) is 81.2 cm³/mol. The number of nitrogens with one attached hydrogen (secondary N) is 1. The Labute approximate surface area is 127 Å². The van der Waals surface area contributed by atoms with Crippen LogP contribution in [0.15, 0.2) is 48.5 Å². The van der Waals surface area contributed by atoms with Crippen LogP contribution in [0, 0.1) is 5.82 Å². The Kier molecular flexibility index (Phi) is 5.17. The first-order valence-electron chi connectivity index (χ1n) is 6.57. The summed E-state index contributed by atoms with van der Waals surface area (Å²) in [7, 11) is 0. The number of carbonyl (C=O) groups is 1. The van der Waals surface area contributed by atoms with E-state index in [2.05, 4.69) is 5.32 Å². The van der Waals surface area contributed by atoms with Crippen molar-refractivity contribution in [1.82, 2.24) is 0 Å². The molecule has 0 saturated heterocycles. The maximum atomic E-state index is 12.8. The lowest BCUT2D eigenvalue weighted by Gasteiger charge is -2.17. The first-order valence-corrected chi connectivity index (χ1v) is 6.95. The van der Waals surface area contributed by atoms with Crippen molar-refractivity contribution in [2.24, 2.45) is 0 Å². The van der Waals surface area contributed by atoms with Gasteiger partial charge in [-0.25, -0.2) is 4.39 Å². The van der Waals surface area contributed by atoms with Crippen LogP contribution in [0.2, 0.25) is 5.02 Å². The number of anilines is 1. The van der Waals surface area contributed by atoms with Crippen LogP contribution in [0.3, 0.4) is 0 Å². The van der Waals surface area contributed by atoms with E-state index in [0.29, 0.717) is 22.9 Å². The van der Waals surface area contributed by atoms with Gasteiger partial charge >= 0.3 is 0 Å². The van der Waals surface area contributed by atoms with Crippen molar-refractivity contribution < 1.29 is 13.9 Å². The van der Waals surface area contributed by atoms with Crippen LogP contribution in [0.5, 0.6) is 5.75 Å². The minimum absolute atomic E-state index is 0.279. The quantitative estimate of drug-likeness (QED) is 0.895. The molecular weight excluding hydrogens is 293 g/mol. The molecular formula is C16H15ClFNO2. The topological polar surface area (TPSA) is 38.3 Å². The fourth-order valence-electron chi connectivity index (χ4n) is 1.76. The summed E-state index contributed by atoms with van der Waals surface area (Å²) in [6.45, 7) is 1.85. The molecule has 2 aromatic rings. The van der Waals surface area contributed by atoms with Crippen LogP contribution >= 0.6 is 11.6 Å². The number of rotatable bonds is 5. The molecule has 2 aromatic carbocycles. The molecule has 110 valence electrons. The average Bonchev–Trinajstić information content (AvgIpc) is 2.49. The highest BCUT2D eigenvalue weighted by atomic mass is 35.5. The third kappa shape index (κ3) is 4.46. The highest BCUT2D eigenvalue weighted by Crippen LogP contribution is 2.18. The number of amides is 1. The zero-order valence-electron chi connectivity index (χ0n) is 11.5. The normalized spacial score (nSPS) is 11.8. The number of benzene rings is 2. The summed E-state index contributed by atoms with van der Waals surface area (Å²) in [4.78, 5) is 12.1. The zero-order valence-corrected chi connectivity index (χ0v) is 12.2. The Morgan fingerprint density at radius 2 is 1.81 bits per heavy atom. The van der Waals surface area contributed by atoms with Gasteiger partial charge in [0.25, 0.3) is 5.91 Å². The number of hydrogen-bond acceptors (Lipinski definition) is 2. The zero-order chi connectivity index (χ0) is 15.2. The van der Waals surface area contributed by atoms with Gasteiger partial charge in [-0.3, -0.25) is 4.79 Å². The molecule has 0 radical (unpaired) electrons. The summed E-state index contributed by atoms with van der Waals surface area (Å²) >= 11 is 5.80. The number of ether oxygens (including phenoxy) is 1. The summed E-state index contributed by atoms with van der Waals surface area (Å²) in [5.41, 5.74) is 0.527. The smallest absolute Gasteiger partial charge is 0.265 e. The van der Waals surface area contributed by atoms with E-state index in [1.54, 1.807) is 24.3 Å². The van der Waals surface area contributed by atoms with E-state index in [-0.39, 0.29) is 11.7 Å². The molecule has 0 unspecified atom stereocenters. The van der Waals surface area contributed by atoms with Gasteiger partial charge in [-0.05, 0) is 55.0 Å². The molecule has 0 aliphatic carbocycles. The molecule has 0 heterocycles. The molecule has 1 amide bonds. The molecule has 1 atom stereocenters. The highest BCUT2D eigenvalue weighted by molar-refractivity contribution is 6.30. The molecule has 1 N–H and O–H groups in total. The van der Waals surface area contributed by atoms with E-state index in [1.807, 2.05) is 6.92 Å². The standard InChI is InChI=1S/C16H15ClFNO2/c1-2-15(21-14-9-3-11(17)4-10-14)16(20)19-13-7-5-12(18)6-8-13/h3-10,15H,2H2,1H3,(H,19,20)/t15-/m0/s1. The van der Waals surface area contributed by atoms with Crippen LogP contribution in [0.4, 0.5) is 10.1 Å². The lowest BCUT2D eigenvalue weighted by molar-refractivity contribution is -0.122. The van der Waals surface area contributed by atoms with E-state index in [4.69, 9.17) is 16.3 Å². The second-order valence-corrected chi connectivity index (χ2v) is 4.90. The van der Waals surface area contributed by atoms with Crippen LogP contribution in [0.25, 0.3) is 0 Å². The van der Waals surface area contributed by atoms with Crippen molar-refractivity contribution >= 4 is 23.2 Å². The van der Waals surface area contributed by atoms with Crippen LogP contribution in [0.1, 0.15) is 13.3 Å². The van der Waals surface area contributed by atoms with E-state index in [0.717, 1.165) is 0 Å². The average molecular weight is 308 g/mol. The lowest BCUT2D eigenvalue weighted by atomic mass is 10.2. The van der Waals surface area contributed by atoms with Crippen LogP contribution in [-0.4, -0.2) is 12.0 Å². The summed E-state index contributed by atoms with van der Waals surface area (Å²) < 4.78 is 18.5. The third-order valence-electron chi connectivity index (χ3n) is 2.87. The Bertz CT molecular complexity index is 599. The molecule has 0 saturated carbocycles.